The van der Waals surface area contributed by atoms with Gasteiger partial charge in [-0.05, 0) is 41.3 Å². The third-order valence-electron chi connectivity index (χ3n) is 9.10. The van der Waals surface area contributed by atoms with Crippen molar-refractivity contribution in [2.24, 2.45) is 4.99 Å². The van der Waals surface area contributed by atoms with E-state index < -0.39 is 0 Å². The van der Waals surface area contributed by atoms with Crippen molar-refractivity contribution in [1.82, 2.24) is 9.88 Å². The van der Waals surface area contributed by atoms with Crippen LogP contribution in [0, 0.1) is 0 Å². The van der Waals surface area contributed by atoms with Gasteiger partial charge in [-0.2, -0.15) is 0 Å². The van der Waals surface area contributed by atoms with Crippen molar-refractivity contribution in [3.63, 3.8) is 0 Å². The van der Waals surface area contributed by atoms with Crippen LogP contribution in [-0.2, 0) is 0 Å². The van der Waals surface area contributed by atoms with Crippen LogP contribution in [-0.4, -0.2) is 21.7 Å². The molecule has 0 radical (unpaired) electrons. The number of rotatable bonds is 1. The van der Waals surface area contributed by atoms with Gasteiger partial charge in [0.1, 0.15) is 33.4 Å². The fraction of sp³-hybridized carbons (Fsp3) is 0.0270. The van der Waals surface area contributed by atoms with Crippen LogP contribution >= 0.6 is 10.5 Å². The Morgan fingerprint density at radius 3 is 2.51 bits per heavy atom. The van der Waals surface area contributed by atoms with E-state index in [1.165, 1.54) is 27.1 Å². The summed E-state index contributed by atoms with van der Waals surface area (Å²) in [5.74, 6) is 2.01. The highest BCUT2D eigenvalue weighted by molar-refractivity contribution is 8.19. The number of aliphatic imine (C=N–C) groups is 1. The van der Waals surface area contributed by atoms with Gasteiger partial charge in [0, 0.05) is 32.7 Å². The van der Waals surface area contributed by atoms with Gasteiger partial charge < -0.3 is 14.2 Å². The SMILES string of the molecule is C1=CC2=NC3=C(NC2C=C1)n1c2c(c4cccc(-c5ccc6oc7ccccc7c6c5)c41)-c1oc4ccccc4c1C=S32. The van der Waals surface area contributed by atoms with Crippen molar-refractivity contribution in [2.75, 3.05) is 0 Å². The summed E-state index contributed by atoms with van der Waals surface area (Å²) >= 11 is 0. The Hall–Kier alpha value is -5.33. The van der Waals surface area contributed by atoms with Crippen molar-refractivity contribution in [3.05, 3.63) is 120 Å². The molecule has 0 bridgehead atoms. The van der Waals surface area contributed by atoms with Gasteiger partial charge in [-0.1, -0.05) is 89.4 Å². The molecule has 4 aromatic carbocycles. The number of para-hydroxylation sites is 3. The number of fused-ring (bicyclic) bond motifs is 13. The molecule has 1 N–H and O–H groups in total. The Morgan fingerprint density at radius 2 is 1.58 bits per heavy atom. The zero-order valence-corrected chi connectivity index (χ0v) is 23.5. The Bertz CT molecular complexity index is 2600. The minimum atomic E-state index is -0.359. The van der Waals surface area contributed by atoms with Crippen LogP contribution in [0.3, 0.4) is 0 Å². The van der Waals surface area contributed by atoms with E-state index in [-0.39, 0.29) is 16.5 Å². The minimum Gasteiger partial charge on any atom is -0.456 e. The molecule has 5 nitrogen and oxygen atoms in total. The molecule has 3 aromatic heterocycles. The molecule has 0 spiro atoms. The van der Waals surface area contributed by atoms with Crippen LogP contribution in [0.2, 0.25) is 0 Å². The lowest BCUT2D eigenvalue weighted by molar-refractivity contribution is 0.629. The molecule has 3 aliphatic heterocycles. The molecule has 1 aliphatic carbocycles. The number of hydrogen-bond donors (Lipinski definition) is 1. The zero-order chi connectivity index (χ0) is 27.8. The highest BCUT2D eigenvalue weighted by Crippen LogP contribution is 2.59. The Labute approximate surface area is 247 Å². The molecule has 0 amide bonds. The Balaban J connectivity index is 1.27. The molecule has 6 heterocycles. The van der Waals surface area contributed by atoms with E-state index in [4.69, 9.17) is 13.8 Å². The first-order valence-corrected chi connectivity index (χ1v) is 15.7. The number of aromatic nitrogens is 1. The van der Waals surface area contributed by atoms with Crippen molar-refractivity contribution >= 4 is 71.2 Å². The van der Waals surface area contributed by atoms with E-state index in [1.807, 2.05) is 18.2 Å². The second-order valence-corrected chi connectivity index (χ2v) is 13.1. The first kappa shape index (κ1) is 22.3. The molecule has 2 unspecified atom stereocenters. The van der Waals surface area contributed by atoms with Gasteiger partial charge in [0.15, 0.2) is 0 Å². The number of allylic oxidation sites excluding steroid dienone is 2. The zero-order valence-electron chi connectivity index (χ0n) is 22.7. The standard InChI is InChI=1S/C37H21N3O2S/c1-5-14-29-22(8-1)25-18-20(16-17-31(25)41-29)21-10-7-11-24-32-34-26(23-9-2-6-15-30(23)42-34)19-43-36-35(40(33(21)24)37(32)43)38-27-12-3-4-13-28(27)39-36/h1-19,27,38H. The number of hydrogen-bond acceptors (Lipinski definition) is 4. The molecule has 0 fully saturated rings. The van der Waals surface area contributed by atoms with Crippen LogP contribution in [0.4, 0.5) is 0 Å². The summed E-state index contributed by atoms with van der Waals surface area (Å²) in [5.41, 5.74) is 9.61. The molecule has 0 saturated heterocycles. The summed E-state index contributed by atoms with van der Waals surface area (Å²) in [6.45, 7) is 0. The van der Waals surface area contributed by atoms with E-state index in [0.29, 0.717) is 0 Å². The third kappa shape index (κ3) is 2.75. The maximum absolute atomic E-state index is 6.65. The lowest BCUT2D eigenvalue weighted by Gasteiger charge is -2.25. The average Bonchev–Trinajstić information content (AvgIpc) is 3.79. The summed E-state index contributed by atoms with van der Waals surface area (Å²) in [5, 5.41) is 13.2. The average molecular weight is 572 g/mol. The van der Waals surface area contributed by atoms with Gasteiger partial charge in [0.25, 0.3) is 0 Å². The summed E-state index contributed by atoms with van der Waals surface area (Å²) in [7, 11) is -0.359. The molecular formula is C37H21N3O2S. The predicted octanol–water partition coefficient (Wildman–Crippen LogP) is 9.05. The van der Waals surface area contributed by atoms with Crippen LogP contribution in [0.1, 0.15) is 5.56 Å². The van der Waals surface area contributed by atoms with Crippen LogP contribution < -0.4 is 5.32 Å². The van der Waals surface area contributed by atoms with Crippen molar-refractivity contribution in [1.29, 1.82) is 0 Å². The molecule has 11 rings (SSSR count). The maximum Gasteiger partial charge on any atom is 0.146 e. The number of furan rings is 2. The van der Waals surface area contributed by atoms with Gasteiger partial charge in [0.05, 0.1) is 27.9 Å². The fourth-order valence-corrected chi connectivity index (χ4v) is 9.47. The quantitative estimate of drug-likeness (QED) is 0.200. The van der Waals surface area contributed by atoms with Crippen molar-refractivity contribution in [3.8, 4) is 22.5 Å². The number of benzene rings is 4. The first-order chi connectivity index (χ1) is 21.3. The van der Waals surface area contributed by atoms with E-state index in [1.54, 1.807) is 0 Å². The van der Waals surface area contributed by atoms with Crippen LogP contribution in [0.5, 0.6) is 0 Å². The summed E-state index contributed by atoms with van der Waals surface area (Å²) in [6, 6.07) is 29.9. The van der Waals surface area contributed by atoms with Crippen LogP contribution in [0.15, 0.2) is 133 Å². The largest absolute Gasteiger partial charge is 0.456 e. The highest BCUT2D eigenvalue weighted by Gasteiger charge is 2.41. The van der Waals surface area contributed by atoms with E-state index in [0.717, 1.165) is 66.4 Å². The molecule has 4 aliphatic rings. The van der Waals surface area contributed by atoms with Gasteiger partial charge in [0.2, 0.25) is 0 Å². The van der Waals surface area contributed by atoms with E-state index in [9.17, 15) is 0 Å². The van der Waals surface area contributed by atoms with Crippen molar-refractivity contribution < 1.29 is 8.83 Å². The monoisotopic (exact) mass is 571 g/mol. The maximum atomic E-state index is 6.65. The summed E-state index contributed by atoms with van der Waals surface area (Å²) in [4.78, 5) is 5.31. The first-order valence-electron chi connectivity index (χ1n) is 14.5. The fourth-order valence-electron chi connectivity index (χ4n) is 7.22. The summed E-state index contributed by atoms with van der Waals surface area (Å²) < 4.78 is 15.3. The second-order valence-electron chi connectivity index (χ2n) is 11.4. The number of nitrogens with one attached hydrogen (secondary N) is 1. The van der Waals surface area contributed by atoms with Gasteiger partial charge in [-0.15, -0.1) is 0 Å². The predicted molar refractivity (Wildman–Crippen MR) is 177 cm³/mol. The molecular weight excluding hydrogens is 550 g/mol. The molecule has 7 aromatic rings. The van der Waals surface area contributed by atoms with E-state index in [2.05, 4.69) is 106 Å². The lowest BCUT2D eigenvalue weighted by atomic mass is 9.98. The van der Waals surface area contributed by atoms with Crippen molar-refractivity contribution in [2.45, 2.75) is 11.1 Å². The van der Waals surface area contributed by atoms with Gasteiger partial charge in [-0.3, -0.25) is 4.57 Å². The highest BCUT2D eigenvalue weighted by atomic mass is 32.2. The minimum absolute atomic E-state index is 0.0411. The Kier molecular flexibility index (Phi) is 4.01. The molecule has 2 atom stereocenters. The van der Waals surface area contributed by atoms with Crippen LogP contribution in [0.25, 0.3) is 72.1 Å². The lowest BCUT2D eigenvalue weighted by Crippen LogP contribution is -2.37. The topological polar surface area (TPSA) is 55.6 Å². The van der Waals surface area contributed by atoms with E-state index >= 15 is 0 Å². The normalized spacial score (nSPS) is 19.4. The Morgan fingerprint density at radius 1 is 0.767 bits per heavy atom. The molecule has 43 heavy (non-hydrogen) atoms. The smallest absolute Gasteiger partial charge is 0.146 e. The number of nitrogens with zero attached hydrogens (tertiary/aromatic N) is 2. The second kappa shape index (κ2) is 7.73. The third-order valence-corrected chi connectivity index (χ3v) is 11.1. The molecule has 0 saturated carbocycles. The molecule has 202 valence electrons. The molecule has 6 heteroatoms. The summed E-state index contributed by atoms with van der Waals surface area (Å²) in [6.07, 6.45) is 8.47. The van der Waals surface area contributed by atoms with Gasteiger partial charge >= 0.3 is 0 Å². The van der Waals surface area contributed by atoms with Gasteiger partial charge in [-0.25, -0.2) is 4.99 Å².